The minimum absolute atomic E-state index is 0.297. The zero-order chi connectivity index (χ0) is 18.8. The number of alkyl halides is 2. The van der Waals surface area contributed by atoms with Crippen molar-refractivity contribution in [1.82, 2.24) is 4.90 Å². The van der Waals surface area contributed by atoms with Gasteiger partial charge in [0.25, 0.3) is 0 Å². The zero-order valence-electron chi connectivity index (χ0n) is 13.6. The Kier molecular flexibility index (Phi) is 6.15. The first-order valence-electron chi connectivity index (χ1n) is 7.24. The van der Waals surface area contributed by atoms with Gasteiger partial charge < -0.3 is 14.4 Å². The van der Waals surface area contributed by atoms with Crippen LogP contribution in [0.2, 0.25) is 0 Å². The van der Waals surface area contributed by atoms with E-state index in [1.165, 1.54) is 4.90 Å². The number of nitrogens with zero attached hydrogens (tertiary/aromatic N) is 1. The van der Waals surface area contributed by atoms with E-state index in [9.17, 15) is 26.8 Å². The third-order valence-electron chi connectivity index (χ3n) is 3.28. The lowest BCUT2D eigenvalue weighted by molar-refractivity contribution is -0.163. The average Bonchev–Trinajstić information content (AvgIpc) is 2.42. The second-order valence-corrected chi connectivity index (χ2v) is 7.96. The maximum atomic E-state index is 13.0. The van der Waals surface area contributed by atoms with Gasteiger partial charge in [0.2, 0.25) is 0 Å². The number of hydrogen-bond donors (Lipinski definition) is 1. The maximum absolute atomic E-state index is 13.0. The summed E-state index contributed by atoms with van der Waals surface area (Å²) in [6.07, 6.45) is 0.268. The normalized spacial score (nSPS) is 17.5. The van der Waals surface area contributed by atoms with Crippen molar-refractivity contribution >= 4 is 22.2 Å². The van der Waals surface area contributed by atoms with Crippen molar-refractivity contribution in [3.63, 3.8) is 0 Å². The summed E-state index contributed by atoms with van der Waals surface area (Å²) in [6.45, 7) is 5.36. The van der Waals surface area contributed by atoms with Crippen molar-refractivity contribution in [3.8, 4) is 0 Å². The van der Waals surface area contributed by atoms with Crippen LogP contribution in [0.5, 0.6) is 0 Å². The summed E-state index contributed by atoms with van der Waals surface area (Å²) in [5, 5.41) is -5.00. The van der Waals surface area contributed by atoms with Gasteiger partial charge in [-0.05, 0) is 39.5 Å². The van der Waals surface area contributed by atoms with E-state index in [1.807, 2.05) is 0 Å². The first-order chi connectivity index (χ1) is 10.7. The molecule has 8 nitrogen and oxygen atoms in total. The van der Waals surface area contributed by atoms with Gasteiger partial charge in [-0.15, -0.1) is 0 Å². The summed E-state index contributed by atoms with van der Waals surface area (Å²) in [4.78, 5) is 24.4. The molecule has 11 heteroatoms. The minimum atomic E-state index is -5.87. The highest BCUT2D eigenvalue weighted by molar-refractivity contribution is 7.87. The molecule has 0 spiro atoms. The molecule has 1 aliphatic heterocycles. The van der Waals surface area contributed by atoms with Crippen LogP contribution < -0.4 is 0 Å². The monoisotopic (exact) mass is 373 g/mol. The van der Waals surface area contributed by atoms with Gasteiger partial charge in [0.15, 0.2) is 0 Å². The largest absolute Gasteiger partial charge is 0.465 e. The fraction of sp³-hybridized carbons (Fsp3) is 0.846. The molecule has 1 fully saturated rings. The molecule has 1 heterocycles. The second kappa shape index (κ2) is 7.18. The Balaban J connectivity index is 2.45. The Hall–Kier alpha value is -1.49. The molecule has 0 aromatic rings. The standard InChI is InChI=1S/C13H21F2NO7S/c1-12(2,3)23-11(18)16-6-4-9(5-7-16)8-22-10(17)13(14,15)24(19,20)21/h9H,4-8H2,1-3H3,(H,19,20,21). The molecular formula is C13H21F2NO7S. The van der Waals surface area contributed by atoms with E-state index in [1.54, 1.807) is 20.8 Å². The molecule has 0 radical (unpaired) electrons. The van der Waals surface area contributed by atoms with Crippen LogP contribution in [0.3, 0.4) is 0 Å². The van der Waals surface area contributed by atoms with Crippen molar-refractivity contribution in [2.75, 3.05) is 19.7 Å². The van der Waals surface area contributed by atoms with E-state index in [2.05, 4.69) is 4.74 Å². The van der Waals surface area contributed by atoms with E-state index >= 15 is 0 Å². The van der Waals surface area contributed by atoms with Crippen molar-refractivity contribution in [2.45, 2.75) is 44.5 Å². The number of esters is 1. The Bertz CT molecular complexity index is 578. The minimum Gasteiger partial charge on any atom is -0.460 e. The predicted octanol–water partition coefficient (Wildman–Crippen LogP) is 1.66. The molecule has 1 aliphatic rings. The first-order valence-corrected chi connectivity index (χ1v) is 8.68. The highest BCUT2D eigenvalue weighted by atomic mass is 32.2. The number of likely N-dealkylation sites (tertiary alicyclic amines) is 1. The van der Waals surface area contributed by atoms with Crippen LogP contribution in [0, 0.1) is 5.92 Å². The fourth-order valence-corrected chi connectivity index (χ4v) is 2.26. The first kappa shape index (κ1) is 20.6. The quantitative estimate of drug-likeness (QED) is 0.589. The molecule has 1 rings (SSSR count). The topological polar surface area (TPSA) is 110 Å². The van der Waals surface area contributed by atoms with Crippen LogP contribution in [0.15, 0.2) is 0 Å². The summed E-state index contributed by atoms with van der Waals surface area (Å²) in [5.74, 6) is -2.62. The van der Waals surface area contributed by atoms with Gasteiger partial charge in [-0.1, -0.05) is 0 Å². The van der Waals surface area contributed by atoms with E-state index in [4.69, 9.17) is 9.29 Å². The zero-order valence-corrected chi connectivity index (χ0v) is 14.4. The average molecular weight is 373 g/mol. The van der Waals surface area contributed by atoms with Crippen molar-refractivity contribution in [1.29, 1.82) is 0 Å². The molecule has 140 valence electrons. The lowest BCUT2D eigenvalue weighted by atomic mass is 9.98. The molecule has 0 unspecified atom stereocenters. The van der Waals surface area contributed by atoms with E-state index < -0.39 is 39.6 Å². The fourth-order valence-electron chi connectivity index (χ4n) is 1.99. The van der Waals surface area contributed by atoms with Crippen LogP contribution in [0.25, 0.3) is 0 Å². The van der Waals surface area contributed by atoms with Crippen molar-refractivity contribution in [3.05, 3.63) is 0 Å². The van der Waals surface area contributed by atoms with Crippen LogP contribution in [0.4, 0.5) is 13.6 Å². The molecule has 1 N–H and O–H groups in total. The van der Waals surface area contributed by atoms with Gasteiger partial charge in [0.1, 0.15) is 5.60 Å². The second-order valence-electron chi connectivity index (χ2n) is 6.50. The predicted molar refractivity (Wildman–Crippen MR) is 78.0 cm³/mol. The van der Waals surface area contributed by atoms with Crippen LogP contribution in [-0.2, 0) is 24.4 Å². The molecule has 1 amide bonds. The van der Waals surface area contributed by atoms with Crippen molar-refractivity contribution in [2.24, 2.45) is 5.92 Å². The van der Waals surface area contributed by atoms with Crippen molar-refractivity contribution < 1.29 is 40.8 Å². The van der Waals surface area contributed by atoms with E-state index in [0.29, 0.717) is 25.9 Å². The molecule has 0 bridgehead atoms. The maximum Gasteiger partial charge on any atom is 0.465 e. The number of hydrogen-bond acceptors (Lipinski definition) is 6. The number of piperidine rings is 1. The summed E-state index contributed by atoms with van der Waals surface area (Å²) in [6, 6.07) is 0. The lowest BCUT2D eigenvalue weighted by Gasteiger charge is -2.33. The summed E-state index contributed by atoms with van der Waals surface area (Å²) in [7, 11) is -5.87. The summed E-state index contributed by atoms with van der Waals surface area (Å²) >= 11 is 0. The number of halogens is 2. The third-order valence-corrected chi connectivity index (χ3v) is 4.09. The smallest absolute Gasteiger partial charge is 0.460 e. The van der Waals surface area contributed by atoms with Gasteiger partial charge in [-0.3, -0.25) is 4.55 Å². The summed E-state index contributed by atoms with van der Waals surface area (Å²) < 4.78 is 64.7. The Morgan fingerprint density at radius 2 is 1.71 bits per heavy atom. The molecule has 0 aromatic carbocycles. The number of ether oxygens (including phenoxy) is 2. The van der Waals surface area contributed by atoms with Gasteiger partial charge in [0, 0.05) is 13.1 Å². The number of rotatable bonds is 4. The molecule has 1 saturated heterocycles. The number of amides is 1. The SMILES string of the molecule is CC(C)(C)OC(=O)N1CCC(COC(=O)C(F)(F)S(=O)(=O)O)CC1. The van der Waals surface area contributed by atoms with E-state index in [0.717, 1.165) is 0 Å². The van der Waals surface area contributed by atoms with Gasteiger partial charge >= 0.3 is 27.4 Å². The molecule has 0 aromatic heterocycles. The van der Waals surface area contributed by atoms with Crippen LogP contribution in [-0.4, -0.2) is 60.5 Å². The van der Waals surface area contributed by atoms with Gasteiger partial charge in [-0.25, -0.2) is 9.59 Å². The molecule has 24 heavy (non-hydrogen) atoms. The van der Waals surface area contributed by atoms with Gasteiger partial charge in [0.05, 0.1) is 6.61 Å². The highest BCUT2D eigenvalue weighted by Gasteiger charge is 2.54. The van der Waals surface area contributed by atoms with Crippen LogP contribution >= 0.6 is 0 Å². The molecule has 0 aliphatic carbocycles. The molecular weight excluding hydrogens is 352 g/mol. The summed E-state index contributed by atoms with van der Waals surface area (Å²) in [5.41, 5.74) is -0.634. The third kappa shape index (κ3) is 5.55. The van der Waals surface area contributed by atoms with Crippen LogP contribution in [0.1, 0.15) is 33.6 Å². The Labute approximate surface area is 138 Å². The Morgan fingerprint density at radius 3 is 2.12 bits per heavy atom. The molecule has 0 atom stereocenters. The van der Waals surface area contributed by atoms with E-state index in [-0.39, 0.29) is 5.92 Å². The highest BCUT2D eigenvalue weighted by Crippen LogP contribution is 2.24. The Morgan fingerprint density at radius 1 is 1.21 bits per heavy atom. The lowest BCUT2D eigenvalue weighted by Crippen LogP contribution is -2.43. The molecule has 0 saturated carbocycles. The van der Waals surface area contributed by atoms with Gasteiger partial charge in [-0.2, -0.15) is 17.2 Å². The number of carbonyl (C=O) groups is 2. The number of carbonyl (C=O) groups excluding carboxylic acids is 2.